The predicted molar refractivity (Wildman–Crippen MR) is 124 cm³/mol. The number of ether oxygens (including phenoxy) is 2. The SMILES string of the molecule is CC(C)(C)OC(=O)N1CCO[C@@H](Cn2nc(C3CCc4ccccc4C3)c(C(N)=O)c2N)C1. The molecule has 178 valence electrons. The highest BCUT2D eigenvalue weighted by Crippen LogP contribution is 2.35. The van der Waals surface area contributed by atoms with E-state index >= 15 is 0 Å². The number of rotatable bonds is 4. The molecule has 9 nitrogen and oxygen atoms in total. The Labute approximate surface area is 194 Å². The van der Waals surface area contributed by atoms with Gasteiger partial charge < -0.3 is 25.8 Å². The van der Waals surface area contributed by atoms with E-state index in [0.29, 0.717) is 37.5 Å². The van der Waals surface area contributed by atoms with E-state index in [1.54, 1.807) is 9.58 Å². The number of primary amides is 1. The minimum absolute atomic E-state index is 0.0662. The van der Waals surface area contributed by atoms with Crippen molar-refractivity contribution in [2.75, 3.05) is 25.4 Å². The first kappa shape index (κ1) is 23.1. The van der Waals surface area contributed by atoms with Gasteiger partial charge in [-0.15, -0.1) is 0 Å². The lowest BCUT2D eigenvalue weighted by atomic mass is 9.81. The Bertz CT molecular complexity index is 1040. The van der Waals surface area contributed by atoms with Crippen LogP contribution in [0, 0.1) is 0 Å². The van der Waals surface area contributed by atoms with Gasteiger partial charge in [0, 0.05) is 12.5 Å². The van der Waals surface area contributed by atoms with Gasteiger partial charge in [-0.2, -0.15) is 5.10 Å². The molecule has 1 aromatic carbocycles. The van der Waals surface area contributed by atoms with Crippen molar-refractivity contribution >= 4 is 17.8 Å². The number of benzene rings is 1. The largest absolute Gasteiger partial charge is 0.444 e. The number of nitrogens with two attached hydrogens (primary N) is 2. The van der Waals surface area contributed by atoms with Crippen LogP contribution in [0.5, 0.6) is 0 Å². The number of nitrogens with zero attached hydrogens (tertiary/aromatic N) is 3. The Morgan fingerprint density at radius 3 is 2.67 bits per heavy atom. The number of nitrogen functional groups attached to an aromatic ring is 1. The molecule has 1 aromatic heterocycles. The molecule has 1 aliphatic carbocycles. The molecule has 2 aliphatic rings. The first-order valence-corrected chi connectivity index (χ1v) is 11.4. The highest BCUT2D eigenvalue weighted by atomic mass is 16.6. The third-order valence-corrected chi connectivity index (χ3v) is 6.17. The molecule has 9 heteroatoms. The van der Waals surface area contributed by atoms with Crippen LogP contribution in [0.3, 0.4) is 0 Å². The number of anilines is 1. The molecule has 4 rings (SSSR count). The minimum Gasteiger partial charge on any atom is -0.444 e. The summed E-state index contributed by atoms with van der Waals surface area (Å²) in [5.74, 6) is -0.265. The van der Waals surface area contributed by atoms with E-state index in [4.69, 9.17) is 26.0 Å². The summed E-state index contributed by atoms with van der Waals surface area (Å²) in [6.45, 7) is 7.03. The second kappa shape index (κ2) is 9.05. The van der Waals surface area contributed by atoms with Gasteiger partial charge in [0.1, 0.15) is 17.0 Å². The summed E-state index contributed by atoms with van der Waals surface area (Å²) in [4.78, 5) is 26.4. The zero-order chi connectivity index (χ0) is 23.8. The maximum absolute atomic E-state index is 12.5. The van der Waals surface area contributed by atoms with Gasteiger partial charge in [-0.3, -0.25) is 4.79 Å². The van der Waals surface area contributed by atoms with E-state index in [-0.39, 0.29) is 23.9 Å². The van der Waals surface area contributed by atoms with Gasteiger partial charge in [0.25, 0.3) is 5.91 Å². The van der Waals surface area contributed by atoms with Crippen molar-refractivity contribution in [3.63, 3.8) is 0 Å². The van der Waals surface area contributed by atoms with Crippen LogP contribution in [0.1, 0.15) is 60.3 Å². The molecule has 0 spiro atoms. The fourth-order valence-corrected chi connectivity index (χ4v) is 4.62. The summed E-state index contributed by atoms with van der Waals surface area (Å²) in [6.07, 6.45) is 1.89. The van der Waals surface area contributed by atoms with Crippen LogP contribution in [0.2, 0.25) is 0 Å². The Morgan fingerprint density at radius 2 is 1.97 bits per heavy atom. The van der Waals surface area contributed by atoms with Crippen LogP contribution in [0.4, 0.5) is 10.6 Å². The first-order valence-electron chi connectivity index (χ1n) is 11.4. The molecule has 1 fully saturated rings. The predicted octanol–water partition coefficient (Wildman–Crippen LogP) is 2.47. The van der Waals surface area contributed by atoms with Gasteiger partial charge in [0.05, 0.1) is 31.5 Å². The number of amides is 2. The van der Waals surface area contributed by atoms with Crippen LogP contribution in [-0.4, -0.2) is 58.1 Å². The molecular weight excluding hydrogens is 422 g/mol. The molecule has 2 aromatic rings. The Balaban J connectivity index is 1.52. The lowest BCUT2D eigenvalue weighted by molar-refractivity contribution is -0.0481. The number of aromatic nitrogens is 2. The number of carbonyl (C=O) groups excluding carboxylic acids is 2. The molecule has 1 saturated heterocycles. The van der Waals surface area contributed by atoms with E-state index < -0.39 is 11.5 Å². The maximum Gasteiger partial charge on any atom is 0.410 e. The number of hydrogen-bond donors (Lipinski definition) is 2. The smallest absolute Gasteiger partial charge is 0.410 e. The molecule has 0 radical (unpaired) electrons. The third-order valence-electron chi connectivity index (χ3n) is 6.17. The standard InChI is InChI=1S/C24H33N5O4/c1-24(2,3)33-23(31)28-10-11-32-18(13-28)14-29-21(25)19(22(26)30)20(27-29)17-9-8-15-6-4-5-7-16(15)12-17/h4-7,17-18H,8-14,25H2,1-3H3,(H2,26,30)/t17?,18-/m1/s1. The van der Waals surface area contributed by atoms with Crippen molar-refractivity contribution in [2.24, 2.45) is 5.73 Å². The molecule has 2 heterocycles. The zero-order valence-electron chi connectivity index (χ0n) is 19.5. The average Bonchev–Trinajstić information content (AvgIpc) is 3.08. The third kappa shape index (κ3) is 5.13. The van der Waals surface area contributed by atoms with Crippen LogP contribution < -0.4 is 11.5 Å². The van der Waals surface area contributed by atoms with Gasteiger partial charge in [-0.1, -0.05) is 24.3 Å². The normalized spacial score (nSPS) is 20.9. The first-order chi connectivity index (χ1) is 15.6. The summed E-state index contributed by atoms with van der Waals surface area (Å²) in [6, 6.07) is 8.34. The monoisotopic (exact) mass is 455 g/mol. The molecule has 0 saturated carbocycles. The second-order valence-corrected chi connectivity index (χ2v) is 9.82. The van der Waals surface area contributed by atoms with Crippen LogP contribution >= 0.6 is 0 Å². The Kier molecular flexibility index (Phi) is 6.34. The van der Waals surface area contributed by atoms with Gasteiger partial charge >= 0.3 is 6.09 Å². The van der Waals surface area contributed by atoms with Crippen LogP contribution in [-0.2, 0) is 28.9 Å². The second-order valence-electron chi connectivity index (χ2n) is 9.82. The van der Waals surface area contributed by atoms with Crippen molar-refractivity contribution in [2.45, 2.75) is 64.2 Å². The van der Waals surface area contributed by atoms with Gasteiger partial charge in [-0.25, -0.2) is 9.48 Å². The number of carbonyl (C=O) groups is 2. The van der Waals surface area contributed by atoms with Gasteiger partial charge in [0.15, 0.2) is 0 Å². The topological polar surface area (TPSA) is 126 Å². The summed E-state index contributed by atoms with van der Waals surface area (Å²) >= 11 is 0. The quantitative estimate of drug-likeness (QED) is 0.729. The lowest BCUT2D eigenvalue weighted by Gasteiger charge is -2.34. The summed E-state index contributed by atoms with van der Waals surface area (Å²) in [7, 11) is 0. The highest BCUT2D eigenvalue weighted by molar-refractivity contribution is 5.98. The van der Waals surface area contributed by atoms with Crippen molar-refractivity contribution < 1.29 is 19.1 Å². The number of aryl methyl sites for hydroxylation is 1. The summed E-state index contributed by atoms with van der Waals surface area (Å²) in [5, 5.41) is 4.73. The molecular formula is C24H33N5O4. The number of fused-ring (bicyclic) bond motifs is 1. The lowest BCUT2D eigenvalue weighted by Crippen LogP contribution is -2.48. The summed E-state index contributed by atoms with van der Waals surface area (Å²) < 4.78 is 12.9. The Morgan fingerprint density at radius 1 is 1.24 bits per heavy atom. The average molecular weight is 456 g/mol. The van der Waals surface area contributed by atoms with Crippen LogP contribution in [0.15, 0.2) is 24.3 Å². The van der Waals surface area contributed by atoms with E-state index in [2.05, 4.69) is 12.1 Å². The number of hydrogen-bond acceptors (Lipinski definition) is 6. The molecule has 2 amide bonds. The van der Waals surface area contributed by atoms with Crippen molar-refractivity contribution in [3.05, 3.63) is 46.6 Å². The van der Waals surface area contributed by atoms with E-state index in [0.717, 1.165) is 19.3 Å². The summed E-state index contributed by atoms with van der Waals surface area (Å²) in [5.41, 5.74) is 15.0. The van der Waals surface area contributed by atoms with E-state index in [1.807, 2.05) is 32.9 Å². The molecule has 33 heavy (non-hydrogen) atoms. The highest BCUT2D eigenvalue weighted by Gasteiger charge is 2.32. The minimum atomic E-state index is -0.576. The van der Waals surface area contributed by atoms with E-state index in [9.17, 15) is 9.59 Å². The van der Waals surface area contributed by atoms with E-state index in [1.165, 1.54) is 11.1 Å². The number of morpholine rings is 1. The van der Waals surface area contributed by atoms with Gasteiger partial charge in [-0.05, 0) is 51.2 Å². The maximum atomic E-state index is 12.5. The fraction of sp³-hybridized carbons (Fsp3) is 0.542. The molecule has 2 atom stereocenters. The fourth-order valence-electron chi connectivity index (χ4n) is 4.62. The van der Waals surface area contributed by atoms with Gasteiger partial charge in [0.2, 0.25) is 0 Å². The Hall–Kier alpha value is -3.07. The molecule has 4 N–H and O–H groups in total. The van der Waals surface area contributed by atoms with Crippen molar-refractivity contribution in [1.29, 1.82) is 0 Å². The van der Waals surface area contributed by atoms with Crippen molar-refractivity contribution in [1.82, 2.24) is 14.7 Å². The van der Waals surface area contributed by atoms with Crippen molar-refractivity contribution in [3.8, 4) is 0 Å². The zero-order valence-corrected chi connectivity index (χ0v) is 19.5. The molecule has 0 bridgehead atoms. The molecule has 1 aliphatic heterocycles. The molecule has 1 unspecified atom stereocenters. The van der Waals surface area contributed by atoms with Crippen LogP contribution in [0.25, 0.3) is 0 Å².